The van der Waals surface area contributed by atoms with E-state index in [2.05, 4.69) is 10.3 Å². The van der Waals surface area contributed by atoms with E-state index >= 15 is 0 Å². The van der Waals surface area contributed by atoms with Crippen molar-refractivity contribution in [3.8, 4) is 0 Å². The Morgan fingerprint density at radius 3 is 2.51 bits per heavy atom. The molecule has 2 heterocycles. The van der Waals surface area contributed by atoms with Gasteiger partial charge in [0.15, 0.2) is 5.65 Å². The van der Waals surface area contributed by atoms with Gasteiger partial charge in [0.2, 0.25) is 0 Å². The lowest BCUT2D eigenvalue weighted by molar-refractivity contribution is 0.0660. The number of carbonyl (C=O) groups excluding carboxylic acids is 1. The van der Waals surface area contributed by atoms with Crippen molar-refractivity contribution in [3.05, 3.63) is 106 Å². The van der Waals surface area contributed by atoms with Gasteiger partial charge < -0.3 is 10.2 Å². The minimum absolute atomic E-state index is 0.205. The largest absolute Gasteiger partial charge is 0.327 e. The monoisotopic (exact) mass is 473 g/mol. The molecule has 1 N–H and O–H groups in total. The maximum absolute atomic E-state index is 13.6. The summed E-state index contributed by atoms with van der Waals surface area (Å²) in [5.41, 5.74) is 1.46. The van der Waals surface area contributed by atoms with Crippen molar-refractivity contribution in [3.63, 3.8) is 0 Å². The lowest BCUT2D eigenvalue weighted by Gasteiger charge is -2.32. The number of hydrogen-bond acceptors (Lipinski definition) is 5. The average molecular weight is 474 g/mol. The fourth-order valence-electron chi connectivity index (χ4n) is 4.18. The molecule has 0 aliphatic rings. The van der Waals surface area contributed by atoms with Gasteiger partial charge in [-0.3, -0.25) is 14.2 Å². The molecule has 180 valence electrons. The standard InChI is InChI=1S/C27H28FN5O2/c1-3-23(32(17-16-29-2)26(34)20-11-13-21(28)14-12-20)25-31-24-22(10-7-15-30-24)27(35)33(25)18-19-8-5-4-6-9-19/h4-15,23,29H,3,16-18H2,1-2H3. The molecule has 4 rings (SSSR count). The lowest BCUT2D eigenvalue weighted by atomic mass is 10.1. The maximum atomic E-state index is 13.6. The van der Waals surface area contributed by atoms with E-state index in [0.29, 0.717) is 48.5 Å². The van der Waals surface area contributed by atoms with Gasteiger partial charge in [-0.15, -0.1) is 0 Å². The van der Waals surface area contributed by atoms with E-state index in [0.717, 1.165) is 5.56 Å². The van der Waals surface area contributed by atoms with E-state index in [1.54, 1.807) is 27.8 Å². The van der Waals surface area contributed by atoms with Gasteiger partial charge in [-0.1, -0.05) is 37.3 Å². The van der Waals surface area contributed by atoms with Crippen LogP contribution < -0.4 is 10.9 Å². The third-order valence-electron chi connectivity index (χ3n) is 5.96. The van der Waals surface area contributed by atoms with Crippen LogP contribution in [0.3, 0.4) is 0 Å². The molecule has 0 radical (unpaired) electrons. The number of carbonyl (C=O) groups is 1. The van der Waals surface area contributed by atoms with Crippen molar-refractivity contribution in [1.29, 1.82) is 0 Å². The number of rotatable bonds is 9. The highest BCUT2D eigenvalue weighted by molar-refractivity contribution is 5.94. The molecule has 0 saturated carbocycles. The smallest absolute Gasteiger partial charge is 0.263 e. The van der Waals surface area contributed by atoms with Gasteiger partial charge in [0.05, 0.1) is 18.0 Å². The molecule has 2 aromatic heterocycles. The van der Waals surface area contributed by atoms with Crippen molar-refractivity contribution in [2.45, 2.75) is 25.9 Å². The number of fused-ring (bicyclic) bond motifs is 1. The number of nitrogens with zero attached hydrogens (tertiary/aromatic N) is 4. The number of pyridine rings is 1. The van der Waals surface area contributed by atoms with Gasteiger partial charge in [0.1, 0.15) is 11.6 Å². The lowest BCUT2D eigenvalue weighted by Crippen LogP contribution is -2.42. The Bertz CT molecular complexity index is 1360. The molecule has 35 heavy (non-hydrogen) atoms. The average Bonchev–Trinajstić information content (AvgIpc) is 2.89. The van der Waals surface area contributed by atoms with E-state index < -0.39 is 11.9 Å². The van der Waals surface area contributed by atoms with Crippen LogP contribution in [0.2, 0.25) is 0 Å². The van der Waals surface area contributed by atoms with Crippen molar-refractivity contribution in [1.82, 2.24) is 24.8 Å². The summed E-state index contributed by atoms with van der Waals surface area (Å²) in [4.78, 5) is 38.0. The fourth-order valence-corrected chi connectivity index (χ4v) is 4.18. The summed E-state index contributed by atoms with van der Waals surface area (Å²) < 4.78 is 15.1. The van der Waals surface area contributed by atoms with Crippen LogP contribution in [0, 0.1) is 5.82 Å². The first-order chi connectivity index (χ1) is 17.0. The second kappa shape index (κ2) is 11.0. The molecule has 0 aliphatic carbocycles. The summed E-state index contributed by atoms with van der Waals surface area (Å²) in [7, 11) is 1.81. The number of aromatic nitrogens is 3. The van der Waals surface area contributed by atoms with Crippen LogP contribution in [0.5, 0.6) is 0 Å². The molecule has 1 unspecified atom stereocenters. The Balaban J connectivity index is 1.86. The van der Waals surface area contributed by atoms with Crippen LogP contribution in [-0.4, -0.2) is 45.5 Å². The fraction of sp³-hybridized carbons (Fsp3) is 0.259. The molecule has 8 heteroatoms. The van der Waals surface area contributed by atoms with Gasteiger partial charge in [-0.25, -0.2) is 14.4 Å². The number of benzene rings is 2. The van der Waals surface area contributed by atoms with Crippen LogP contribution in [0.4, 0.5) is 4.39 Å². The van der Waals surface area contributed by atoms with Gasteiger partial charge in [-0.2, -0.15) is 0 Å². The first kappa shape index (κ1) is 24.2. The number of amides is 1. The Hall–Kier alpha value is -3.91. The van der Waals surface area contributed by atoms with Crippen LogP contribution >= 0.6 is 0 Å². The second-order valence-corrected chi connectivity index (χ2v) is 8.25. The first-order valence-electron chi connectivity index (χ1n) is 11.6. The zero-order chi connectivity index (χ0) is 24.8. The molecular formula is C27H28FN5O2. The second-order valence-electron chi connectivity index (χ2n) is 8.25. The molecule has 4 aromatic rings. The zero-order valence-corrected chi connectivity index (χ0v) is 19.8. The molecule has 0 spiro atoms. The third kappa shape index (κ3) is 5.27. The van der Waals surface area contributed by atoms with E-state index in [1.165, 1.54) is 24.3 Å². The zero-order valence-electron chi connectivity index (χ0n) is 19.8. The summed E-state index contributed by atoms with van der Waals surface area (Å²) >= 11 is 0. The summed E-state index contributed by atoms with van der Waals surface area (Å²) in [6, 6.07) is 18.1. The molecule has 1 atom stereocenters. The summed E-state index contributed by atoms with van der Waals surface area (Å²) in [5.74, 6) is -0.192. The normalized spacial score (nSPS) is 12.0. The minimum Gasteiger partial charge on any atom is -0.327 e. The van der Waals surface area contributed by atoms with Crippen molar-refractivity contribution < 1.29 is 9.18 Å². The third-order valence-corrected chi connectivity index (χ3v) is 5.96. The van der Waals surface area contributed by atoms with Crippen LogP contribution in [0.15, 0.2) is 77.7 Å². The molecule has 0 saturated heterocycles. The number of hydrogen-bond donors (Lipinski definition) is 1. The van der Waals surface area contributed by atoms with Crippen LogP contribution in [-0.2, 0) is 6.54 Å². The highest BCUT2D eigenvalue weighted by Gasteiger charge is 2.29. The molecule has 2 aromatic carbocycles. The molecule has 7 nitrogen and oxygen atoms in total. The summed E-state index contributed by atoms with van der Waals surface area (Å²) in [6.45, 7) is 3.19. The van der Waals surface area contributed by atoms with Gasteiger partial charge in [-0.05, 0) is 55.4 Å². The Morgan fingerprint density at radius 1 is 1.09 bits per heavy atom. The van der Waals surface area contributed by atoms with E-state index in [4.69, 9.17) is 4.98 Å². The molecular weight excluding hydrogens is 445 g/mol. The molecule has 0 fully saturated rings. The first-order valence-corrected chi connectivity index (χ1v) is 11.6. The van der Waals surface area contributed by atoms with E-state index in [-0.39, 0.29) is 11.5 Å². The van der Waals surface area contributed by atoms with Crippen molar-refractivity contribution in [2.24, 2.45) is 0 Å². The van der Waals surface area contributed by atoms with Crippen molar-refractivity contribution >= 4 is 16.9 Å². The number of nitrogens with one attached hydrogen (secondary N) is 1. The summed E-state index contributed by atoms with van der Waals surface area (Å²) in [5, 5.41) is 3.51. The predicted molar refractivity (Wildman–Crippen MR) is 134 cm³/mol. The Morgan fingerprint density at radius 2 is 1.83 bits per heavy atom. The topological polar surface area (TPSA) is 80.1 Å². The Labute approximate surface area is 203 Å². The highest BCUT2D eigenvalue weighted by atomic mass is 19.1. The SMILES string of the molecule is CCC(c1nc2ncccc2c(=O)n1Cc1ccccc1)N(CCNC)C(=O)c1ccc(F)cc1. The highest BCUT2D eigenvalue weighted by Crippen LogP contribution is 2.26. The quantitative estimate of drug-likeness (QED) is 0.400. The van der Waals surface area contributed by atoms with Crippen molar-refractivity contribution in [2.75, 3.05) is 20.1 Å². The van der Waals surface area contributed by atoms with Gasteiger partial charge >= 0.3 is 0 Å². The van der Waals surface area contributed by atoms with Gasteiger partial charge in [0.25, 0.3) is 11.5 Å². The number of halogens is 1. The summed E-state index contributed by atoms with van der Waals surface area (Å²) in [6.07, 6.45) is 2.12. The van der Waals surface area contributed by atoms with E-state index in [9.17, 15) is 14.0 Å². The van der Waals surface area contributed by atoms with Crippen LogP contribution in [0.25, 0.3) is 11.0 Å². The molecule has 1 amide bonds. The minimum atomic E-state index is -0.497. The number of likely N-dealkylation sites (N-methyl/N-ethyl adjacent to an activating group) is 1. The molecule has 0 bridgehead atoms. The van der Waals surface area contributed by atoms with Crippen LogP contribution in [0.1, 0.15) is 41.1 Å². The maximum Gasteiger partial charge on any atom is 0.263 e. The Kier molecular flexibility index (Phi) is 7.62. The molecule has 0 aliphatic heterocycles. The predicted octanol–water partition coefficient (Wildman–Crippen LogP) is 3.79. The van der Waals surface area contributed by atoms with Gasteiger partial charge in [0, 0.05) is 24.8 Å². The van der Waals surface area contributed by atoms with E-state index in [1.807, 2.05) is 44.3 Å².